The summed E-state index contributed by atoms with van der Waals surface area (Å²) < 4.78 is 6.13. The van der Waals surface area contributed by atoms with Crippen LogP contribution in [0.4, 0.5) is 0 Å². The lowest BCUT2D eigenvalue weighted by Crippen LogP contribution is -2.27. The summed E-state index contributed by atoms with van der Waals surface area (Å²) in [5, 5.41) is 4.22. The summed E-state index contributed by atoms with van der Waals surface area (Å²) in [7, 11) is 0. The molecular formula is C17H24ClNO. The van der Waals surface area contributed by atoms with E-state index in [0.29, 0.717) is 5.92 Å². The van der Waals surface area contributed by atoms with Crippen LogP contribution in [-0.2, 0) is 0 Å². The largest absolute Gasteiger partial charge is 0.491 e. The number of hydrogen-bond acceptors (Lipinski definition) is 2. The first-order valence-electron chi connectivity index (χ1n) is 7.87. The van der Waals surface area contributed by atoms with Gasteiger partial charge in [0.15, 0.2) is 0 Å². The first-order chi connectivity index (χ1) is 9.74. The fraction of sp³-hybridized carbons (Fsp3) is 0.647. The summed E-state index contributed by atoms with van der Waals surface area (Å²) in [6.07, 6.45) is 6.34. The quantitative estimate of drug-likeness (QED) is 0.894. The molecule has 2 aliphatic rings. The summed E-state index contributed by atoms with van der Waals surface area (Å²) in [5.74, 6) is 2.29. The molecule has 1 aromatic carbocycles. The molecule has 2 fully saturated rings. The van der Waals surface area contributed by atoms with E-state index in [1.54, 1.807) is 0 Å². The van der Waals surface area contributed by atoms with Crippen molar-refractivity contribution in [2.75, 3.05) is 19.7 Å². The number of nitrogens with one attached hydrogen (secondary N) is 1. The molecule has 20 heavy (non-hydrogen) atoms. The molecule has 3 heteroatoms. The molecule has 1 saturated heterocycles. The van der Waals surface area contributed by atoms with Crippen molar-refractivity contribution in [3.05, 3.63) is 28.3 Å². The Balaban J connectivity index is 1.80. The third-order valence-electron chi connectivity index (χ3n) is 4.68. The maximum Gasteiger partial charge on any atom is 0.141 e. The number of ether oxygens (including phenoxy) is 1. The minimum absolute atomic E-state index is 0.588. The Morgan fingerprint density at radius 3 is 2.60 bits per heavy atom. The van der Waals surface area contributed by atoms with Crippen LogP contribution in [-0.4, -0.2) is 19.7 Å². The van der Waals surface area contributed by atoms with Gasteiger partial charge in [0.1, 0.15) is 5.75 Å². The van der Waals surface area contributed by atoms with Gasteiger partial charge in [0.25, 0.3) is 0 Å². The van der Waals surface area contributed by atoms with Crippen LogP contribution in [0.15, 0.2) is 12.1 Å². The fourth-order valence-electron chi connectivity index (χ4n) is 3.20. The molecule has 0 bridgehead atoms. The van der Waals surface area contributed by atoms with Crippen LogP contribution in [0, 0.1) is 12.8 Å². The highest BCUT2D eigenvalue weighted by atomic mass is 35.5. The van der Waals surface area contributed by atoms with Crippen molar-refractivity contribution in [3.8, 4) is 5.75 Å². The summed E-state index contributed by atoms with van der Waals surface area (Å²) in [6, 6.07) is 4.31. The van der Waals surface area contributed by atoms with Crippen molar-refractivity contribution < 1.29 is 4.74 Å². The molecule has 1 aromatic rings. The van der Waals surface area contributed by atoms with Gasteiger partial charge in [-0.15, -0.1) is 0 Å². The summed E-state index contributed by atoms with van der Waals surface area (Å²) in [5.41, 5.74) is 2.57. The topological polar surface area (TPSA) is 21.3 Å². The molecule has 0 radical (unpaired) electrons. The predicted octanol–water partition coefficient (Wildman–Crippen LogP) is 4.29. The highest BCUT2D eigenvalue weighted by Crippen LogP contribution is 2.39. The molecule has 1 N–H and O–H groups in total. The van der Waals surface area contributed by atoms with Crippen LogP contribution in [0.3, 0.4) is 0 Å². The van der Waals surface area contributed by atoms with Crippen LogP contribution in [0.1, 0.15) is 49.1 Å². The van der Waals surface area contributed by atoms with Gasteiger partial charge in [0, 0.05) is 0 Å². The van der Waals surface area contributed by atoms with E-state index in [1.807, 2.05) is 6.07 Å². The van der Waals surface area contributed by atoms with E-state index in [-0.39, 0.29) is 0 Å². The van der Waals surface area contributed by atoms with Gasteiger partial charge in [0.2, 0.25) is 0 Å². The summed E-state index contributed by atoms with van der Waals surface area (Å²) in [6.45, 7) is 5.14. The van der Waals surface area contributed by atoms with Crippen LogP contribution < -0.4 is 10.1 Å². The van der Waals surface area contributed by atoms with Crippen molar-refractivity contribution >= 4 is 11.6 Å². The van der Waals surface area contributed by atoms with E-state index in [2.05, 4.69) is 18.3 Å². The third-order valence-corrected chi connectivity index (χ3v) is 4.96. The molecule has 0 aromatic heterocycles. The first-order valence-corrected chi connectivity index (χ1v) is 8.25. The second kappa shape index (κ2) is 6.36. The SMILES string of the molecule is Cc1cc(Cl)c(OCC2CCC2)c(C2CCNCC2)c1. The molecule has 0 spiro atoms. The Hall–Kier alpha value is -0.730. The highest BCUT2D eigenvalue weighted by Gasteiger charge is 2.23. The number of piperidine rings is 1. The van der Waals surface area contributed by atoms with Crippen LogP contribution >= 0.6 is 11.6 Å². The lowest BCUT2D eigenvalue weighted by Gasteiger charge is -2.29. The van der Waals surface area contributed by atoms with E-state index < -0.39 is 0 Å². The Kier molecular flexibility index (Phi) is 4.52. The number of halogens is 1. The van der Waals surface area contributed by atoms with Crippen molar-refractivity contribution in [2.45, 2.75) is 44.9 Å². The Labute approximate surface area is 126 Å². The van der Waals surface area contributed by atoms with Gasteiger partial charge in [-0.05, 0) is 74.7 Å². The van der Waals surface area contributed by atoms with Gasteiger partial charge < -0.3 is 10.1 Å². The minimum Gasteiger partial charge on any atom is -0.491 e. The lowest BCUT2D eigenvalue weighted by molar-refractivity contribution is 0.178. The van der Waals surface area contributed by atoms with E-state index >= 15 is 0 Å². The monoisotopic (exact) mass is 293 g/mol. The van der Waals surface area contributed by atoms with Gasteiger partial charge in [-0.25, -0.2) is 0 Å². The van der Waals surface area contributed by atoms with Crippen molar-refractivity contribution in [1.29, 1.82) is 0 Å². The van der Waals surface area contributed by atoms with Crippen LogP contribution in [0.2, 0.25) is 5.02 Å². The van der Waals surface area contributed by atoms with Gasteiger partial charge in [-0.2, -0.15) is 0 Å². The number of aryl methyl sites for hydroxylation is 1. The van der Waals surface area contributed by atoms with Gasteiger partial charge in [0.05, 0.1) is 11.6 Å². The number of benzene rings is 1. The second-order valence-electron chi connectivity index (χ2n) is 6.30. The second-order valence-corrected chi connectivity index (χ2v) is 6.70. The smallest absolute Gasteiger partial charge is 0.141 e. The van der Waals surface area contributed by atoms with Crippen molar-refractivity contribution in [2.24, 2.45) is 5.92 Å². The first kappa shape index (κ1) is 14.2. The third kappa shape index (κ3) is 3.12. The maximum absolute atomic E-state index is 6.46. The molecule has 1 saturated carbocycles. The summed E-state index contributed by atoms with van der Waals surface area (Å²) in [4.78, 5) is 0. The Morgan fingerprint density at radius 1 is 1.20 bits per heavy atom. The zero-order valence-electron chi connectivity index (χ0n) is 12.3. The molecular weight excluding hydrogens is 270 g/mol. The minimum atomic E-state index is 0.588. The van der Waals surface area contributed by atoms with Gasteiger partial charge >= 0.3 is 0 Å². The number of hydrogen-bond donors (Lipinski definition) is 1. The van der Waals surface area contributed by atoms with Crippen LogP contribution in [0.25, 0.3) is 0 Å². The van der Waals surface area contributed by atoms with Crippen LogP contribution in [0.5, 0.6) is 5.75 Å². The standard InChI is InChI=1S/C17H24ClNO/c1-12-9-15(14-5-7-19-8-6-14)17(16(18)10-12)20-11-13-3-2-4-13/h9-10,13-14,19H,2-8,11H2,1H3. The molecule has 2 nitrogen and oxygen atoms in total. The van der Waals surface area contributed by atoms with E-state index in [4.69, 9.17) is 16.3 Å². The van der Waals surface area contributed by atoms with Gasteiger partial charge in [-0.3, -0.25) is 0 Å². The Morgan fingerprint density at radius 2 is 1.95 bits per heavy atom. The predicted molar refractivity (Wildman–Crippen MR) is 83.9 cm³/mol. The molecule has 0 unspecified atom stereocenters. The molecule has 0 amide bonds. The average molecular weight is 294 g/mol. The van der Waals surface area contributed by atoms with E-state index in [1.165, 1.54) is 43.2 Å². The van der Waals surface area contributed by atoms with Crippen molar-refractivity contribution in [3.63, 3.8) is 0 Å². The zero-order valence-corrected chi connectivity index (χ0v) is 13.0. The molecule has 3 rings (SSSR count). The molecule has 1 aliphatic heterocycles. The van der Waals surface area contributed by atoms with E-state index in [9.17, 15) is 0 Å². The molecule has 1 aliphatic carbocycles. The van der Waals surface area contributed by atoms with E-state index in [0.717, 1.165) is 36.4 Å². The fourth-order valence-corrected chi connectivity index (χ4v) is 3.54. The average Bonchev–Trinajstić information content (AvgIpc) is 2.40. The maximum atomic E-state index is 6.46. The normalized spacial score (nSPS) is 20.7. The zero-order chi connectivity index (χ0) is 13.9. The summed E-state index contributed by atoms with van der Waals surface area (Å²) >= 11 is 6.46. The molecule has 1 heterocycles. The molecule has 110 valence electrons. The van der Waals surface area contributed by atoms with Gasteiger partial charge in [-0.1, -0.05) is 24.1 Å². The Bertz CT molecular complexity index is 464. The molecule has 0 atom stereocenters. The lowest BCUT2D eigenvalue weighted by atomic mass is 9.86. The number of rotatable bonds is 4. The van der Waals surface area contributed by atoms with Crippen molar-refractivity contribution in [1.82, 2.24) is 5.32 Å². The highest BCUT2D eigenvalue weighted by molar-refractivity contribution is 6.32.